The standard InChI is InChI=1S/C14H12N2O/c1-11(10-17)14(12-6-2-4-8-15-12)13-7-3-5-9-16-13/h2-9,14H,1H3. The number of rotatable bonds is 3. The summed E-state index contributed by atoms with van der Waals surface area (Å²) in [5, 5.41) is 0. The van der Waals surface area contributed by atoms with Crippen LogP contribution in [0.3, 0.4) is 0 Å². The first-order valence-corrected chi connectivity index (χ1v) is 5.36. The second-order valence-electron chi connectivity index (χ2n) is 3.73. The molecule has 2 aromatic rings. The van der Waals surface area contributed by atoms with Gasteiger partial charge < -0.3 is 0 Å². The Morgan fingerprint density at radius 3 is 1.94 bits per heavy atom. The number of aromatic nitrogens is 2. The van der Waals surface area contributed by atoms with Gasteiger partial charge in [-0.2, -0.15) is 0 Å². The van der Waals surface area contributed by atoms with Gasteiger partial charge in [-0.25, -0.2) is 4.79 Å². The van der Waals surface area contributed by atoms with Crippen molar-refractivity contribution in [1.29, 1.82) is 0 Å². The third-order valence-electron chi connectivity index (χ3n) is 2.56. The molecule has 17 heavy (non-hydrogen) atoms. The Morgan fingerprint density at radius 1 is 1.06 bits per heavy atom. The van der Waals surface area contributed by atoms with E-state index in [1.54, 1.807) is 19.3 Å². The maximum absolute atomic E-state index is 10.9. The first-order chi connectivity index (χ1) is 8.33. The summed E-state index contributed by atoms with van der Waals surface area (Å²) >= 11 is 0. The van der Waals surface area contributed by atoms with Gasteiger partial charge in [-0.1, -0.05) is 12.1 Å². The van der Waals surface area contributed by atoms with E-state index in [0.29, 0.717) is 5.57 Å². The van der Waals surface area contributed by atoms with Crippen molar-refractivity contribution in [3.8, 4) is 0 Å². The second kappa shape index (κ2) is 5.19. The van der Waals surface area contributed by atoms with Crippen molar-refractivity contribution in [2.75, 3.05) is 0 Å². The van der Waals surface area contributed by atoms with Crippen molar-refractivity contribution in [3.63, 3.8) is 0 Å². The van der Waals surface area contributed by atoms with Crippen LogP contribution >= 0.6 is 0 Å². The molecule has 2 heterocycles. The first kappa shape index (κ1) is 11.2. The molecular weight excluding hydrogens is 212 g/mol. The molecule has 0 radical (unpaired) electrons. The summed E-state index contributed by atoms with van der Waals surface area (Å²) in [6, 6.07) is 11.3. The molecule has 3 heteroatoms. The molecule has 0 bridgehead atoms. The molecule has 0 saturated carbocycles. The average Bonchev–Trinajstić information content (AvgIpc) is 2.41. The van der Waals surface area contributed by atoms with E-state index in [1.165, 1.54) is 0 Å². The van der Waals surface area contributed by atoms with E-state index in [9.17, 15) is 4.79 Å². The van der Waals surface area contributed by atoms with Gasteiger partial charge >= 0.3 is 0 Å². The summed E-state index contributed by atoms with van der Waals surface area (Å²) in [6.07, 6.45) is 3.42. The molecule has 0 aliphatic rings. The van der Waals surface area contributed by atoms with Crippen LogP contribution in [0.1, 0.15) is 24.2 Å². The lowest BCUT2D eigenvalue weighted by Gasteiger charge is -2.14. The highest BCUT2D eigenvalue weighted by molar-refractivity contribution is 5.57. The van der Waals surface area contributed by atoms with Gasteiger partial charge in [-0.3, -0.25) is 9.97 Å². The molecule has 0 saturated heterocycles. The van der Waals surface area contributed by atoms with E-state index < -0.39 is 0 Å². The predicted molar refractivity (Wildman–Crippen MR) is 65.2 cm³/mol. The van der Waals surface area contributed by atoms with Gasteiger partial charge in [0.05, 0.1) is 17.3 Å². The topological polar surface area (TPSA) is 42.9 Å². The first-order valence-electron chi connectivity index (χ1n) is 5.36. The Hall–Kier alpha value is -2.25. The maximum atomic E-state index is 10.9. The Bertz CT molecular complexity index is 491. The fourth-order valence-electron chi connectivity index (χ4n) is 1.75. The molecule has 0 fully saturated rings. The van der Waals surface area contributed by atoms with Crippen molar-refractivity contribution >= 4 is 5.94 Å². The number of carbonyl (C=O) groups excluding carboxylic acids is 1. The van der Waals surface area contributed by atoms with Gasteiger partial charge in [0.15, 0.2) is 0 Å². The molecule has 84 valence electrons. The summed E-state index contributed by atoms with van der Waals surface area (Å²) in [6.45, 7) is 1.75. The Kier molecular flexibility index (Phi) is 3.43. The van der Waals surface area contributed by atoms with Crippen molar-refractivity contribution in [2.45, 2.75) is 12.8 Å². The fraction of sp³-hybridized carbons (Fsp3) is 0.143. The molecule has 0 amide bonds. The van der Waals surface area contributed by atoms with Crippen molar-refractivity contribution < 1.29 is 4.79 Å². The van der Waals surface area contributed by atoms with Crippen molar-refractivity contribution in [3.05, 3.63) is 65.8 Å². The monoisotopic (exact) mass is 224 g/mol. The third-order valence-corrected chi connectivity index (χ3v) is 2.56. The quantitative estimate of drug-likeness (QED) is 0.752. The van der Waals surface area contributed by atoms with Gasteiger partial charge in [-0.15, -0.1) is 0 Å². The smallest absolute Gasteiger partial charge is 0.124 e. The molecule has 2 aromatic heterocycles. The predicted octanol–water partition coefficient (Wildman–Crippen LogP) is 2.39. The molecule has 3 nitrogen and oxygen atoms in total. The number of nitrogens with zero attached hydrogens (tertiary/aromatic N) is 2. The molecule has 2 rings (SSSR count). The van der Waals surface area contributed by atoms with E-state index >= 15 is 0 Å². The summed E-state index contributed by atoms with van der Waals surface area (Å²) in [5.74, 6) is 1.74. The van der Waals surface area contributed by atoms with E-state index in [4.69, 9.17) is 0 Å². The largest absolute Gasteiger partial charge is 0.260 e. The third kappa shape index (κ3) is 2.47. The van der Waals surface area contributed by atoms with Gasteiger partial charge in [-0.05, 0) is 31.2 Å². The Balaban J connectivity index is 2.51. The Morgan fingerprint density at radius 2 is 1.59 bits per heavy atom. The molecule has 0 spiro atoms. The average molecular weight is 224 g/mol. The fourth-order valence-corrected chi connectivity index (χ4v) is 1.75. The van der Waals surface area contributed by atoms with Crippen molar-refractivity contribution in [1.82, 2.24) is 9.97 Å². The molecule has 0 unspecified atom stereocenters. The van der Waals surface area contributed by atoms with E-state index in [1.807, 2.05) is 42.3 Å². The normalized spacial score (nSPS) is 10.0. The summed E-state index contributed by atoms with van der Waals surface area (Å²) < 4.78 is 0. The minimum atomic E-state index is -0.213. The number of hydrogen-bond acceptors (Lipinski definition) is 3. The van der Waals surface area contributed by atoms with Crippen LogP contribution in [-0.4, -0.2) is 15.9 Å². The number of hydrogen-bond donors (Lipinski definition) is 0. The number of pyridine rings is 2. The highest BCUT2D eigenvalue weighted by Gasteiger charge is 2.19. The van der Waals surface area contributed by atoms with Gasteiger partial charge in [0.2, 0.25) is 0 Å². The minimum Gasteiger partial charge on any atom is -0.260 e. The summed E-state index contributed by atoms with van der Waals surface area (Å²) in [7, 11) is 0. The zero-order chi connectivity index (χ0) is 12.1. The zero-order valence-corrected chi connectivity index (χ0v) is 9.50. The van der Waals surface area contributed by atoms with Gasteiger partial charge in [0.25, 0.3) is 0 Å². The van der Waals surface area contributed by atoms with Gasteiger partial charge in [0.1, 0.15) is 5.94 Å². The minimum absolute atomic E-state index is 0.213. The van der Waals surface area contributed by atoms with E-state index in [0.717, 1.165) is 11.4 Å². The van der Waals surface area contributed by atoms with Crippen LogP contribution in [0, 0.1) is 0 Å². The highest BCUT2D eigenvalue weighted by atomic mass is 16.1. The van der Waals surface area contributed by atoms with E-state index in [2.05, 4.69) is 9.97 Å². The van der Waals surface area contributed by atoms with Gasteiger partial charge in [0, 0.05) is 18.0 Å². The molecular formula is C14H12N2O. The Labute approximate surface area is 99.9 Å². The maximum Gasteiger partial charge on any atom is 0.124 e. The molecule has 0 N–H and O–H groups in total. The second-order valence-corrected chi connectivity index (χ2v) is 3.73. The van der Waals surface area contributed by atoms with Crippen molar-refractivity contribution in [2.24, 2.45) is 0 Å². The van der Waals surface area contributed by atoms with Crippen LogP contribution in [0.25, 0.3) is 0 Å². The lowest BCUT2D eigenvalue weighted by atomic mass is 9.93. The lowest BCUT2D eigenvalue weighted by Crippen LogP contribution is -2.07. The molecule has 0 aromatic carbocycles. The van der Waals surface area contributed by atoms with E-state index in [-0.39, 0.29) is 5.92 Å². The highest BCUT2D eigenvalue weighted by Crippen LogP contribution is 2.26. The van der Waals surface area contributed by atoms with Crippen LogP contribution in [-0.2, 0) is 4.79 Å². The molecule has 0 aliphatic carbocycles. The molecule has 0 aliphatic heterocycles. The SMILES string of the molecule is CC(=C=O)C(c1ccccn1)c1ccccn1. The van der Waals surface area contributed by atoms with Crippen LogP contribution in [0.15, 0.2) is 54.4 Å². The zero-order valence-electron chi connectivity index (χ0n) is 9.50. The lowest BCUT2D eigenvalue weighted by molar-refractivity contribution is 0.565. The van der Waals surface area contributed by atoms with Crippen LogP contribution in [0.5, 0.6) is 0 Å². The van der Waals surface area contributed by atoms with Crippen LogP contribution in [0.2, 0.25) is 0 Å². The number of allylic oxidation sites excluding steroid dienone is 1. The summed E-state index contributed by atoms with van der Waals surface area (Å²) in [5.41, 5.74) is 2.21. The van der Waals surface area contributed by atoms with Crippen LogP contribution in [0.4, 0.5) is 0 Å². The molecule has 0 atom stereocenters. The van der Waals surface area contributed by atoms with Crippen LogP contribution < -0.4 is 0 Å². The summed E-state index contributed by atoms with van der Waals surface area (Å²) in [4.78, 5) is 19.4.